The van der Waals surface area contributed by atoms with Crippen molar-refractivity contribution < 1.29 is 12.8 Å². The summed E-state index contributed by atoms with van der Waals surface area (Å²) < 4.78 is 29.3. The van der Waals surface area contributed by atoms with Gasteiger partial charge in [-0.25, -0.2) is 18.4 Å². The van der Waals surface area contributed by atoms with E-state index in [2.05, 4.69) is 20.2 Å². The summed E-state index contributed by atoms with van der Waals surface area (Å²) in [5.41, 5.74) is 0.951. The number of halogens is 1. The average molecular weight is 325 g/mol. The lowest BCUT2D eigenvalue weighted by atomic mass is 10.2. The molecule has 0 aliphatic heterocycles. The van der Waals surface area contributed by atoms with Crippen LogP contribution in [-0.4, -0.2) is 28.6 Å². The van der Waals surface area contributed by atoms with Crippen LogP contribution in [0.25, 0.3) is 11.5 Å². The van der Waals surface area contributed by atoms with Crippen molar-refractivity contribution in [3.05, 3.63) is 47.6 Å². The summed E-state index contributed by atoms with van der Waals surface area (Å²) in [7, 11) is -3.62. The molecule has 0 bridgehead atoms. The Bertz CT molecular complexity index is 858. The fourth-order valence-corrected chi connectivity index (χ4v) is 2.98. The van der Waals surface area contributed by atoms with Gasteiger partial charge >= 0.3 is 0 Å². The molecule has 0 radical (unpaired) electrons. The van der Waals surface area contributed by atoms with E-state index in [1.165, 1.54) is 6.26 Å². The third-order valence-corrected chi connectivity index (χ3v) is 4.35. The number of nitrogens with one attached hydrogen (secondary N) is 1. The quantitative estimate of drug-likeness (QED) is 0.788. The first-order valence-corrected chi connectivity index (χ1v) is 7.86. The highest BCUT2D eigenvalue weighted by atomic mass is 35.5. The number of benzene rings is 1. The maximum atomic E-state index is 12.0. The van der Waals surface area contributed by atoms with Crippen molar-refractivity contribution in [2.24, 2.45) is 0 Å². The van der Waals surface area contributed by atoms with Crippen LogP contribution in [0.1, 0.15) is 5.69 Å². The summed E-state index contributed by atoms with van der Waals surface area (Å²) in [6, 6.07) is 6.94. The molecular formula is C12H9ClN4O3S. The van der Waals surface area contributed by atoms with Crippen molar-refractivity contribution in [1.82, 2.24) is 20.2 Å². The number of aromatic amines is 1. The molecule has 2 aromatic heterocycles. The second-order valence-corrected chi connectivity index (χ2v) is 6.55. The number of aromatic nitrogens is 4. The molecular weight excluding hydrogens is 316 g/mol. The van der Waals surface area contributed by atoms with Crippen LogP contribution in [0.4, 0.5) is 0 Å². The highest BCUT2D eigenvalue weighted by molar-refractivity contribution is 7.90. The number of oxazole rings is 1. The van der Waals surface area contributed by atoms with E-state index in [1.807, 2.05) is 0 Å². The van der Waals surface area contributed by atoms with Gasteiger partial charge in [0.15, 0.2) is 0 Å². The van der Waals surface area contributed by atoms with Gasteiger partial charge in [0.2, 0.25) is 20.9 Å². The van der Waals surface area contributed by atoms with Crippen molar-refractivity contribution in [3.8, 4) is 11.5 Å². The van der Waals surface area contributed by atoms with Gasteiger partial charge in [0.25, 0.3) is 0 Å². The molecule has 7 nitrogen and oxygen atoms in total. The summed E-state index contributed by atoms with van der Waals surface area (Å²) in [4.78, 5) is 7.78. The zero-order valence-corrected chi connectivity index (χ0v) is 12.1. The Hall–Kier alpha value is -2.19. The van der Waals surface area contributed by atoms with Crippen LogP contribution in [0.2, 0.25) is 5.02 Å². The number of hydrogen-bond donors (Lipinski definition) is 1. The Morgan fingerprint density at radius 2 is 2.19 bits per heavy atom. The molecule has 0 spiro atoms. The van der Waals surface area contributed by atoms with Crippen LogP contribution in [0.5, 0.6) is 0 Å². The molecule has 0 saturated carbocycles. The Morgan fingerprint density at radius 1 is 1.33 bits per heavy atom. The molecule has 0 saturated heterocycles. The largest absolute Gasteiger partial charge is 0.444 e. The smallest absolute Gasteiger partial charge is 0.243 e. The third kappa shape index (κ3) is 2.96. The molecule has 1 aromatic carbocycles. The van der Waals surface area contributed by atoms with Crippen molar-refractivity contribution >= 4 is 21.4 Å². The van der Waals surface area contributed by atoms with Gasteiger partial charge in [-0.3, -0.25) is 5.10 Å². The van der Waals surface area contributed by atoms with Crippen LogP contribution in [0.3, 0.4) is 0 Å². The number of rotatable bonds is 4. The van der Waals surface area contributed by atoms with E-state index in [0.29, 0.717) is 16.5 Å². The molecule has 9 heteroatoms. The van der Waals surface area contributed by atoms with Gasteiger partial charge in [0.1, 0.15) is 18.3 Å². The molecule has 21 heavy (non-hydrogen) atoms. The lowest BCUT2D eigenvalue weighted by molar-refractivity contribution is 0.571. The molecule has 0 aliphatic rings. The highest BCUT2D eigenvalue weighted by Crippen LogP contribution is 2.23. The van der Waals surface area contributed by atoms with Crippen LogP contribution >= 0.6 is 11.6 Å². The second kappa shape index (κ2) is 5.30. The van der Waals surface area contributed by atoms with Gasteiger partial charge < -0.3 is 4.42 Å². The minimum atomic E-state index is -3.62. The Kier molecular flexibility index (Phi) is 3.48. The summed E-state index contributed by atoms with van der Waals surface area (Å²) in [6.07, 6.45) is 2.43. The maximum absolute atomic E-state index is 12.0. The van der Waals surface area contributed by atoms with E-state index < -0.39 is 9.84 Å². The van der Waals surface area contributed by atoms with Gasteiger partial charge in [-0.05, 0) is 18.2 Å². The predicted octanol–water partition coefficient (Wildman–Crippen LogP) is 2.09. The average Bonchev–Trinajstić information content (AvgIpc) is 3.09. The van der Waals surface area contributed by atoms with E-state index in [-0.39, 0.29) is 16.6 Å². The summed E-state index contributed by atoms with van der Waals surface area (Å²) in [5, 5.41) is 6.18. The summed E-state index contributed by atoms with van der Waals surface area (Å²) >= 11 is 5.89. The number of sulfone groups is 1. The number of hydrogen-bond acceptors (Lipinski definition) is 6. The van der Waals surface area contributed by atoms with E-state index in [9.17, 15) is 8.42 Å². The highest BCUT2D eigenvalue weighted by Gasteiger charge is 2.21. The minimum Gasteiger partial charge on any atom is -0.444 e. The normalized spacial score (nSPS) is 11.7. The molecule has 0 fully saturated rings. The lowest BCUT2D eigenvalue weighted by Crippen LogP contribution is -2.07. The van der Waals surface area contributed by atoms with E-state index in [0.717, 1.165) is 6.33 Å². The van der Waals surface area contributed by atoms with Crippen molar-refractivity contribution in [1.29, 1.82) is 0 Å². The Balaban J connectivity index is 1.86. The summed E-state index contributed by atoms with van der Waals surface area (Å²) in [6.45, 7) is 0. The van der Waals surface area contributed by atoms with Crippen LogP contribution < -0.4 is 0 Å². The molecule has 2 heterocycles. The molecule has 0 atom stereocenters. The van der Waals surface area contributed by atoms with Gasteiger partial charge in [0, 0.05) is 10.6 Å². The van der Waals surface area contributed by atoms with Gasteiger partial charge in [0.05, 0.1) is 5.69 Å². The van der Waals surface area contributed by atoms with Crippen LogP contribution in [0.15, 0.2) is 46.4 Å². The fraction of sp³-hybridized carbons (Fsp3) is 0.0833. The topological polar surface area (TPSA) is 102 Å². The van der Waals surface area contributed by atoms with Gasteiger partial charge in [-0.15, -0.1) is 0 Å². The number of H-pyrrole nitrogens is 1. The molecule has 0 aliphatic carbocycles. The molecule has 108 valence electrons. The zero-order valence-electron chi connectivity index (χ0n) is 10.5. The first-order valence-electron chi connectivity index (χ1n) is 5.83. The fourth-order valence-electron chi connectivity index (χ4n) is 1.73. The van der Waals surface area contributed by atoms with Crippen LogP contribution in [-0.2, 0) is 15.6 Å². The first-order chi connectivity index (χ1) is 10.0. The molecule has 3 aromatic rings. The Morgan fingerprint density at radius 3 is 2.90 bits per heavy atom. The SMILES string of the molecule is O=S(=O)(Cc1coc(-c2cccc(Cl)c2)n1)c1ncn[nH]1. The Labute approximate surface area is 124 Å². The maximum Gasteiger partial charge on any atom is 0.243 e. The van der Waals surface area contributed by atoms with Crippen LogP contribution in [0, 0.1) is 0 Å². The van der Waals surface area contributed by atoms with Crippen molar-refractivity contribution in [3.63, 3.8) is 0 Å². The van der Waals surface area contributed by atoms with Crippen molar-refractivity contribution in [2.45, 2.75) is 10.9 Å². The van der Waals surface area contributed by atoms with E-state index in [1.54, 1.807) is 24.3 Å². The molecule has 3 rings (SSSR count). The van der Waals surface area contributed by atoms with Gasteiger partial charge in [-0.2, -0.15) is 5.10 Å². The second-order valence-electron chi connectivity index (χ2n) is 4.20. The van der Waals surface area contributed by atoms with Crippen molar-refractivity contribution in [2.75, 3.05) is 0 Å². The first kappa shape index (κ1) is 13.8. The minimum absolute atomic E-state index is 0.199. The van der Waals surface area contributed by atoms with E-state index >= 15 is 0 Å². The van der Waals surface area contributed by atoms with E-state index in [4.69, 9.17) is 16.0 Å². The standard InChI is InChI=1S/C12H9ClN4O3S/c13-9-3-1-2-8(4-9)11-16-10(5-20-11)6-21(18,19)12-14-7-15-17-12/h1-5,7H,6H2,(H,14,15,17). The van der Waals surface area contributed by atoms with Gasteiger partial charge in [-0.1, -0.05) is 17.7 Å². The number of nitrogens with zero attached hydrogens (tertiary/aromatic N) is 3. The predicted molar refractivity (Wildman–Crippen MR) is 74.2 cm³/mol. The third-order valence-electron chi connectivity index (χ3n) is 2.65. The summed E-state index contributed by atoms with van der Waals surface area (Å²) in [5.74, 6) is -0.0213. The molecule has 0 unspecified atom stereocenters. The molecule has 1 N–H and O–H groups in total. The molecule has 0 amide bonds. The lowest BCUT2D eigenvalue weighted by Gasteiger charge is -1.96. The zero-order chi connectivity index (χ0) is 14.9. The monoisotopic (exact) mass is 324 g/mol.